The summed E-state index contributed by atoms with van der Waals surface area (Å²) in [5, 5.41) is 6.24. The summed E-state index contributed by atoms with van der Waals surface area (Å²) < 4.78 is 0. The van der Waals surface area contributed by atoms with Gasteiger partial charge in [0.25, 0.3) is 5.91 Å². The summed E-state index contributed by atoms with van der Waals surface area (Å²) in [5.74, 6) is -0.0642. The van der Waals surface area contributed by atoms with Crippen molar-refractivity contribution >= 4 is 11.8 Å². The van der Waals surface area contributed by atoms with Crippen LogP contribution in [0, 0.1) is 6.92 Å². The molecule has 0 bridgehead atoms. The average Bonchev–Trinajstić information content (AvgIpc) is 3.17. The number of likely N-dealkylation sites (N-methyl/N-ethyl adjacent to an activating group) is 1. The maximum atomic E-state index is 13.0. The van der Waals surface area contributed by atoms with Gasteiger partial charge in [-0.05, 0) is 44.5 Å². The molecule has 2 atom stereocenters. The zero-order valence-corrected chi connectivity index (χ0v) is 16.7. The molecule has 1 heterocycles. The summed E-state index contributed by atoms with van der Waals surface area (Å²) >= 11 is 0. The standard InChI is InChI=1S/C23H29N3O2/c1-17-10-12-19(13-11-17)23(28)25-21(18-7-4-3-5-8-18)15-22(27)26-14-6-9-20(26)16-24-2/h3-5,7-8,10-13,20-21,24H,6,9,14-16H2,1-2H3,(H,25,28). The van der Waals surface area contributed by atoms with Crippen molar-refractivity contribution in [2.75, 3.05) is 20.1 Å². The highest BCUT2D eigenvalue weighted by atomic mass is 16.2. The van der Waals surface area contributed by atoms with Crippen LogP contribution in [0.1, 0.15) is 46.8 Å². The van der Waals surface area contributed by atoms with Gasteiger partial charge in [-0.1, -0.05) is 48.0 Å². The van der Waals surface area contributed by atoms with Crippen LogP contribution in [0.2, 0.25) is 0 Å². The zero-order valence-electron chi connectivity index (χ0n) is 16.7. The Bertz CT molecular complexity index is 789. The minimum Gasteiger partial charge on any atom is -0.345 e. The number of nitrogens with zero attached hydrogens (tertiary/aromatic N) is 1. The van der Waals surface area contributed by atoms with Crippen LogP contribution in [-0.2, 0) is 4.79 Å². The normalized spacial score (nSPS) is 17.4. The first-order chi connectivity index (χ1) is 13.6. The van der Waals surface area contributed by atoms with Crippen LogP contribution in [0.3, 0.4) is 0 Å². The summed E-state index contributed by atoms with van der Waals surface area (Å²) in [4.78, 5) is 27.7. The number of rotatable bonds is 7. The molecule has 2 N–H and O–H groups in total. The fraction of sp³-hybridized carbons (Fsp3) is 0.391. The summed E-state index contributed by atoms with van der Waals surface area (Å²) in [6, 6.07) is 17.1. The third-order valence-electron chi connectivity index (χ3n) is 5.34. The van der Waals surface area contributed by atoms with Gasteiger partial charge in [-0.2, -0.15) is 0 Å². The van der Waals surface area contributed by atoms with Gasteiger partial charge in [0.05, 0.1) is 12.5 Å². The van der Waals surface area contributed by atoms with E-state index in [9.17, 15) is 9.59 Å². The third kappa shape index (κ3) is 4.98. The van der Waals surface area contributed by atoms with E-state index in [0.717, 1.165) is 37.1 Å². The van der Waals surface area contributed by atoms with Crippen molar-refractivity contribution in [1.29, 1.82) is 0 Å². The molecule has 2 amide bonds. The highest BCUT2D eigenvalue weighted by Gasteiger charge is 2.30. The number of hydrogen-bond acceptors (Lipinski definition) is 3. The average molecular weight is 380 g/mol. The smallest absolute Gasteiger partial charge is 0.251 e. The second kappa shape index (κ2) is 9.51. The van der Waals surface area contributed by atoms with Crippen molar-refractivity contribution in [2.24, 2.45) is 0 Å². The summed E-state index contributed by atoms with van der Waals surface area (Å²) in [5.41, 5.74) is 2.66. The van der Waals surface area contributed by atoms with Crippen LogP contribution in [0.15, 0.2) is 54.6 Å². The molecule has 0 spiro atoms. The molecule has 2 unspecified atom stereocenters. The molecule has 148 valence electrons. The van der Waals surface area contributed by atoms with E-state index < -0.39 is 0 Å². The maximum absolute atomic E-state index is 13.0. The quantitative estimate of drug-likeness (QED) is 0.777. The predicted molar refractivity (Wildman–Crippen MR) is 111 cm³/mol. The minimum atomic E-state index is -0.349. The lowest BCUT2D eigenvalue weighted by Gasteiger charge is -2.27. The Hall–Kier alpha value is -2.66. The number of aryl methyl sites for hydroxylation is 1. The second-order valence-electron chi connectivity index (χ2n) is 7.45. The van der Waals surface area contributed by atoms with E-state index in [4.69, 9.17) is 0 Å². The van der Waals surface area contributed by atoms with Gasteiger partial charge in [-0.15, -0.1) is 0 Å². The van der Waals surface area contributed by atoms with Crippen molar-refractivity contribution in [1.82, 2.24) is 15.5 Å². The van der Waals surface area contributed by atoms with Crippen molar-refractivity contribution < 1.29 is 9.59 Å². The Balaban J connectivity index is 1.75. The van der Waals surface area contributed by atoms with Gasteiger partial charge >= 0.3 is 0 Å². The molecule has 0 aromatic heterocycles. The van der Waals surface area contributed by atoms with E-state index >= 15 is 0 Å². The van der Waals surface area contributed by atoms with Crippen LogP contribution in [0.25, 0.3) is 0 Å². The number of likely N-dealkylation sites (tertiary alicyclic amines) is 1. The zero-order chi connectivity index (χ0) is 19.9. The van der Waals surface area contributed by atoms with E-state index in [1.165, 1.54) is 0 Å². The second-order valence-corrected chi connectivity index (χ2v) is 7.45. The summed E-state index contributed by atoms with van der Waals surface area (Å²) in [7, 11) is 1.91. The van der Waals surface area contributed by atoms with Crippen LogP contribution >= 0.6 is 0 Å². The maximum Gasteiger partial charge on any atom is 0.251 e. The summed E-state index contributed by atoms with van der Waals surface area (Å²) in [6.07, 6.45) is 2.32. The molecule has 0 radical (unpaired) electrons. The topological polar surface area (TPSA) is 61.4 Å². The molecule has 5 heteroatoms. The molecule has 0 saturated carbocycles. The molecule has 1 fully saturated rings. The Labute approximate surface area is 167 Å². The Morgan fingerprint density at radius 3 is 2.50 bits per heavy atom. The monoisotopic (exact) mass is 379 g/mol. The van der Waals surface area contributed by atoms with Crippen LogP contribution < -0.4 is 10.6 Å². The Morgan fingerprint density at radius 1 is 1.11 bits per heavy atom. The Kier molecular flexibility index (Phi) is 6.82. The minimum absolute atomic E-state index is 0.0933. The number of carbonyl (C=O) groups is 2. The van der Waals surface area contributed by atoms with Gasteiger partial charge in [-0.25, -0.2) is 0 Å². The van der Waals surface area contributed by atoms with Gasteiger partial charge < -0.3 is 15.5 Å². The van der Waals surface area contributed by atoms with Gasteiger partial charge in [0.1, 0.15) is 0 Å². The van der Waals surface area contributed by atoms with Gasteiger partial charge in [0, 0.05) is 24.7 Å². The number of amides is 2. The molecule has 2 aromatic rings. The highest BCUT2D eigenvalue weighted by molar-refractivity contribution is 5.94. The fourth-order valence-electron chi connectivity index (χ4n) is 3.79. The van der Waals surface area contributed by atoms with E-state index in [1.54, 1.807) is 0 Å². The first-order valence-electron chi connectivity index (χ1n) is 9.95. The number of carbonyl (C=O) groups excluding carboxylic acids is 2. The SMILES string of the molecule is CNCC1CCCN1C(=O)CC(NC(=O)c1ccc(C)cc1)c1ccccc1. The fourth-order valence-corrected chi connectivity index (χ4v) is 3.79. The van der Waals surface area contributed by atoms with Gasteiger partial charge in [0.15, 0.2) is 0 Å². The molecule has 5 nitrogen and oxygen atoms in total. The third-order valence-corrected chi connectivity index (χ3v) is 5.34. The first-order valence-corrected chi connectivity index (χ1v) is 9.95. The summed E-state index contributed by atoms with van der Waals surface area (Å²) in [6.45, 7) is 3.58. The van der Waals surface area contributed by atoms with Crippen LogP contribution in [-0.4, -0.2) is 42.9 Å². The van der Waals surface area contributed by atoms with Crippen LogP contribution in [0.4, 0.5) is 0 Å². The molecule has 3 rings (SSSR count). The molecular weight excluding hydrogens is 350 g/mol. The van der Waals surface area contributed by atoms with E-state index in [2.05, 4.69) is 10.6 Å². The number of hydrogen-bond donors (Lipinski definition) is 2. The van der Waals surface area contributed by atoms with E-state index in [0.29, 0.717) is 5.56 Å². The van der Waals surface area contributed by atoms with E-state index in [1.807, 2.05) is 73.5 Å². The lowest BCUT2D eigenvalue weighted by atomic mass is 10.0. The van der Waals surface area contributed by atoms with E-state index in [-0.39, 0.29) is 30.3 Å². The molecule has 1 aliphatic rings. The molecule has 1 aliphatic heterocycles. The first kappa shape index (κ1) is 20.1. The molecular formula is C23H29N3O2. The Morgan fingerprint density at radius 2 is 1.82 bits per heavy atom. The largest absolute Gasteiger partial charge is 0.345 e. The van der Waals surface area contributed by atoms with Gasteiger partial charge in [-0.3, -0.25) is 9.59 Å². The van der Waals surface area contributed by atoms with Crippen molar-refractivity contribution in [3.8, 4) is 0 Å². The van der Waals surface area contributed by atoms with Crippen molar-refractivity contribution in [3.05, 3.63) is 71.3 Å². The number of nitrogens with one attached hydrogen (secondary N) is 2. The van der Waals surface area contributed by atoms with Crippen molar-refractivity contribution in [3.63, 3.8) is 0 Å². The molecule has 0 aliphatic carbocycles. The lowest BCUT2D eigenvalue weighted by molar-refractivity contribution is -0.132. The molecule has 2 aromatic carbocycles. The van der Waals surface area contributed by atoms with Crippen LogP contribution in [0.5, 0.6) is 0 Å². The van der Waals surface area contributed by atoms with Gasteiger partial charge in [0.2, 0.25) is 5.91 Å². The van der Waals surface area contributed by atoms with Crippen molar-refractivity contribution in [2.45, 2.75) is 38.3 Å². The highest BCUT2D eigenvalue weighted by Crippen LogP contribution is 2.23. The predicted octanol–water partition coefficient (Wildman–Crippen LogP) is 3.07. The molecule has 1 saturated heterocycles. The number of benzene rings is 2. The lowest BCUT2D eigenvalue weighted by Crippen LogP contribution is -2.42. The molecule has 28 heavy (non-hydrogen) atoms.